The molecule has 0 bridgehead atoms. The van der Waals surface area contributed by atoms with Gasteiger partial charge in [-0.1, -0.05) is 36.4 Å². The number of fused-ring (bicyclic) bond motifs is 2. The lowest BCUT2D eigenvalue weighted by molar-refractivity contribution is -0.138. The van der Waals surface area contributed by atoms with Gasteiger partial charge < -0.3 is 15.2 Å². The van der Waals surface area contributed by atoms with Crippen LogP contribution in [0.5, 0.6) is 11.5 Å². The molecule has 3 heterocycles. The zero-order chi connectivity index (χ0) is 29.8. The highest BCUT2D eigenvalue weighted by Crippen LogP contribution is 2.45. The zero-order valence-corrected chi connectivity index (χ0v) is 23.1. The Bertz CT molecular complexity index is 1740. The van der Waals surface area contributed by atoms with Crippen LogP contribution in [-0.4, -0.2) is 23.5 Å². The Morgan fingerprint density at radius 2 is 1.74 bits per heavy atom. The van der Waals surface area contributed by atoms with Gasteiger partial charge in [0.05, 0.1) is 28.2 Å². The molecule has 0 radical (unpaired) electrons. The predicted octanol–water partition coefficient (Wildman–Crippen LogP) is 6.83. The van der Waals surface area contributed by atoms with Gasteiger partial charge in [-0.05, 0) is 47.9 Å². The van der Waals surface area contributed by atoms with Crippen molar-refractivity contribution < 1.29 is 31.4 Å². The minimum Gasteiger partial charge on any atom is -0.486 e. The molecule has 0 saturated carbocycles. The van der Waals surface area contributed by atoms with E-state index in [4.69, 9.17) is 15.2 Å². The van der Waals surface area contributed by atoms with Crippen molar-refractivity contribution in [3.63, 3.8) is 0 Å². The highest BCUT2D eigenvalue weighted by Gasteiger charge is 2.38. The SMILES string of the molecule is Cc1c(Cc2c(F)cccc2C(F)(F)F)c2n(c(=O)c1-c1ccc3c(c1F)OCCO3)[C@H](C(N)c1ccccc1)CS2. The van der Waals surface area contributed by atoms with Gasteiger partial charge in [0.1, 0.15) is 19.0 Å². The van der Waals surface area contributed by atoms with Crippen LogP contribution in [0.1, 0.15) is 39.9 Å². The maximum atomic E-state index is 15.9. The number of pyridine rings is 1. The molecule has 6 rings (SSSR count). The number of thioether (sulfide) groups is 1. The normalized spacial score (nSPS) is 16.8. The number of alkyl halides is 3. The molecule has 218 valence electrons. The summed E-state index contributed by atoms with van der Waals surface area (Å²) in [6, 6.07) is 13.5. The van der Waals surface area contributed by atoms with Gasteiger partial charge in [0.25, 0.3) is 5.56 Å². The van der Waals surface area contributed by atoms with Gasteiger partial charge in [0, 0.05) is 23.3 Å². The van der Waals surface area contributed by atoms with Crippen LogP contribution in [0.4, 0.5) is 22.0 Å². The maximum Gasteiger partial charge on any atom is 0.416 e. The van der Waals surface area contributed by atoms with Gasteiger partial charge in [-0.15, -0.1) is 11.8 Å². The van der Waals surface area contributed by atoms with E-state index in [1.165, 1.54) is 28.5 Å². The van der Waals surface area contributed by atoms with Crippen molar-refractivity contribution in [2.24, 2.45) is 5.73 Å². The summed E-state index contributed by atoms with van der Waals surface area (Å²) in [5, 5.41) is 0.381. The van der Waals surface area contributed by atoms with Crippen molar-refractivity contribution in [3.05, 3.63) is 110 Å². The van der Waals surface area contributed by atoms with Gasteiger partial charge in [-0.3, -0.25) is 9.36 Å². The number of benzene rings is 3. The molecule has 0 aliphatic carbocycles. The molecule has 11 heteroatoms. The molecule has 2 aliphatic rings. The van der Waals surface area contributed by atoms with Crippen molar-refractivity contribution in [2.45, 2.75) is 36.6 Å². The van der Waals surface area contributed by atoms with E-state index < -0.39 is 53.0 Å². The Kier molecular flexibility index (Phi) is 7.26. The third-order valence-corrected chi connectivity index (χ3v) is 8.98. The van der Waals surface area contributed by atoms with Gasteiger partial charge in [0.2, 0.25) is 0 Å². The Labute approximate surface area is 242 Å². The van der Waals surface area contributed by atoms with E-state index in [0.717, 1.165) is 23.8 Å². The molecule has 3 aromatic carbocycles. The number of ether oxygens (including phenoxy) is 2. The van der Waals surface area contributed by atoms with Gasteiger partial charge in [0.15, 0.2) is 17.3 Å². The second kappa shape index (κ2) is 10.8. The molecule has 42 heavy (non-hydrogen) atoms. The molecule has 1 aromatic heterocycles. The summed E-state index contributed by atoms with van der Waals surface area (Å²) in [5.74, 6) is -1.47. The maximum absolute atomic E-state index is 15.9. The van der Waals surface area contributed by atoms with Crippen molar-refractivity contribution >= 4 is 11.8 Å². The topological polar surface area (TPSA) is 66.5 Å². The van der Waals surface area contributed by atoms with Gasteiger partial charge in [-0.25, -0.2) is 8.78 Å². The lowest BCUT2D eigenvalue weighted by Crippen LogP contribution is -2.33. The fourth-order valence-corrected chi connectivity index (χ4v) is 7.11. The van der Waals surface area contributed by atoms with Gasteiger partial charge >= 0.3 is 6.18 Å². The van der Waals surface area contributed by atoms with Crippen LogP contribution in [0.3, 0.4) is 0 Å². The first-order valence-corrected chi connectivity index (χ1v) is 14.2. The van der Waals surface area contributed by atoms with E-state index in [1.54, 1.807) is 6.92 Å². The largest absolute Gasteiger partial charge is 0.486 e. The highest BCUT2D eigenvalue weighted by atomic mass is 32.2. The summed E-state index contributed by atoms with van der Waals surface area (Å²) in [4.78, 5) is 14.2. The smallest absolute Gasteiger partial charge is 0.416 e. The molecule has 1 unspecified atom stereocenters. The second-order valence-corrected chi connectivity index (χ2v) is 11.2. The molecule has 5 nitrogen and oxygen atoms in total. The monoisotopic (exact) mass is 600 g/mol. The molecule has 0 fully saturated rings. The third kappa shape index (κ3) is 4.74. The number of rotatable bonds is 5. The van der Waals surface area contributed by atoms with Crippen LogP contribution in [0.15, 0.2) is 70.5 Å². The number of nitrogens with two attached hydrogens (primary N) is 1. The number of hydrogen-bond acceptors (Lipinski definition) is 5. The van der Waals surface area contributed by atoms with Crippen LogP contribution in [0.2, 0.25) is 0 Å². The molecule has 0 spiro atoms. The average Bonchev–Trinajstić information content (AvgIpc) is 3.42. The average molecular weight is 601 g/mol. The molecule has 2 N–H and O–H groups in total. The first kappa shape index (κ1) is 28.3. The van der Waals surface area contributed by atoms with Crippen molar-refractivity contribution in [3.8, 4) is 22.6 Å². The standard InChI is InChI=1S/C31H25F5N2O3S/c1-16-19(14-20-21(31(34,35)36)8-5-9-22(20)32)30-38(23(15-42-30)27(37)17-6-3-2-4-7-17)29(39)25(16)18-10-11-24-28(26(18)33)41-13-12-40-24/h2-11,23,27H,12-15,37H2,1H3/t23-,27?/m0/s1. The number of nitrogens with zero attached hydrogens (tertiary/aromatic N) is 1. The summed E-state index contributed by atoms with van der Waals surface area (Å²) in [7, 11) is 0. The number of hydrogen-bond donors (Lipinski definition) is 1. The lowest BCUT2D eigenvalue weighted by Gasteiger charge is -2.25. The fraction of sp³-hybridized carbons (Fsp3) is 0.258. The van der Waals surface area contributed by atoms with Crippen LogP contribution in [0, 0.1) is 18.6 Å². The van der Waals surface area contributed by atoms with Crippen LogP contribution >= 0.6 is 11.8 Å². The quantitative estimate of drug-likeness (QED) is 0.255. The van der Waals surface area contributed by atoms with Crippen LogP contribution < -0.4 is 20.8 Å². The fourth-order valence-electron chi connectivity index (χ4n) is 5.67. The summed E-state index contributed by atoms with van der Waals surface area (Å²) < 4.78 is 85.3. The summed E-state index contributed by atoms with van der Waals surface area (Å²) >= 11 is 1.26. The number of halogens is 5. The minimum absolute atomic E-state index is 0.0547. The molecule has 0 amide bonds. The minimum atomic E-state index is -4.81. The van der Waals surface area contributed by atoms with E-state index in [2.05, 4.69) is 0 Å². The molecule has 0 saturated heterocycles. The van der Waals surface area contributed by atoms with Crippen molar-refractivity contribution in [2.75, 3.05) is 19.0 Å². The van der Waals surface area contributed by atoms with E-state index in [9.17, 15) is 18.0 Å². The van der Waals surface area contributed by atoms with Crippen molar-refractivity contribution in [1.29, 1.82) is 0 Å². The van der Waals surface area contributed by atoms with E-state index in [-0.39, 0.29) is 41.4 Å². The second-order valence-electron chi connectivity index (χ2n) is 10.2. The molecular formula is C31H25F5N2O3S. The van der Waals surface area contributed by atoms with E-state index >= 15 is 8.78 Å². The van der Waals surface area contributed by atoms with E-state index in [1.807, 2.05) is 30.3 Å². The highest BCUT2D eigenvalue weighted by molar-refractivity contribution is 7.99. The Balaban J connectivity index is 1.60. The Morgan fingerprint density at radius 3 is 2.48 bits per heavy atom. The molecule has 2 aliphatic heterocycles. The Hall–Kier alpha value is -3.83. The Morgan fingerprint density at radius 1 is 1.00 bits per heavy atom. The van der Waals surface area contributed by atoms with Crippen LogP contribution in [0.25, 0.3) is 11.1 Å². The number of aromatic nitrogens is 1. The molecule has 4 aromatic rings. The van der Waals surface area contributed by atoms with Gasteiger partial charge in [-0.2, -0.15) is 13.2 Å². The third-order valence-electron chi connectivity index (χ3n) is 7.75. The van der Waals surface area contributed by atoms with Crippen LogP contribution in [-0.2, 0) is 12.6 Å². The summed E-state index contributed by atoms with van der Waals surface area (Å²) in [5.41, 5.74) is 5.58. The predicted molar refractivity (Wildman–Crippen MR) is 149 cm³/mol. The lowest BCUT2D eigenvalue weighted by atomic mass is 9.91. The first-order valence-electron chi connectivity index (χ1n) is 13.2. The van der Waals surface area contributed by atoms with Crippen molar-refractivity contribution in [1.82, 2.24) is 4.57 Å². The molecular weight excluding hydrogens is 575 g/mol. The summed E-state index contributed by atoms with van der Waals surface area (Å²) in [6.45, 7) is 1.89. The summed E-state index contributed by atoms with van der Waals surface area (Å²) in [6.07, 6.45) is -5.28. The first-order chi connectivity index (χ1) is 20.1. The molecule has 2 atom stereocenters. The zero-order valence-electron chi connectivity index (χ0n) is 22.3. The van der Waals surface area contributed by atoms with E-state index in [0.29, 0.717) is 16.3 Å².